The third-order valence-electron chi connectivity index (χ3n) is 5.11. The quantitative estimate of drug-likeness (QED) is 0.810. The third kappa shape index (κ3) is 3.69. The van der Waals surface area contributed by atoms with Gasteiger partial charge in [0.2, 0.25) is 0 Å². The largest absolute Gasteiger partial charge is 0.330 e. The number of nitrogens with zero attached hydrogens (tertiary/aromatic N) is 2. The third-order valence-corrected chi connectivity index (χ3v) is 5.11. The summed E-state index contributed by atoms with van der Waals surface area (Å²) in [5.74, 6) is 0.905. The average molecular weight is 253 g/mol. The van der Waals surface area contributed by atoms with Gasteiger partial charge in [0.05, 0.1) is 0 Å². The van der Waals surface area contributed by atoms with Crippen molar-refractivity contribution in [3.63, 3.8) is 0 Å². The molecular formula is C15H31N3. The van der Waals surface area contributed by atoms with Gasteiger partial charge in [-0.15, -0.1) is 0 Å². The maximum absolute atomic E-state index is 6.04. The highest BCUT2D eigenvalue weighted by atomic mass is 15.1. The van der Waals surface area contributed by atoms with Crippen molar-refractivity contribution in [1.82, 2.24) is 9.80 Å². The van der Waals surface area contributed by atoms with Crippen molar-refractivity contribution in [2.24, 2.45) is 17.1 Å². The van der Waals surface area contributed by atoms with Crippen LogP contribution in [0.3, 0.4) is 0 Å². The van der Waals surface area contributed by atoms with Crippen LogP contribution in [0.15, 0.2) is 0 Å². The molecule has 1 saturated carbocycles. The number of rotatable bonds is 5. The topological polar surface area (TPSA) is 32.5 Å². The summed E-state index contributed by atoms with van der Waals surface area (Å²) in [6.07, 6.45) is 8.22. The fourth-order valence-electron chi connectivity index (χ4n) is 3.87. The Morgan fingerprint density at radius 1 is 1.22 bits per heavy atom. The highest BCUT2D eigenvalue weighted by Gasteiger charge is 2.33. The zero-order valence-corrected chi connectivity index (χ0v) is 12.3. The number of piperidine rings is 1. The second-order valence-electron chi connectivity index (χ2n) is 6.85. The van der Waals surface area contributed by atoms with Gasteiger partial charge in [-0.2, -0.15) is 0 Å². The van der Waals surface area contributed by atoms with Crippen LogP contribution in [0.4, 0.5) is 0 Å². The summed E-state index contributed by atoms with van der Waals surface area (Å²) in [6, 6.07) is 0. The number of hydrogen-bond acceptors (Lipinski definition) is 3. The molecule has 0 aromatic carbocycles. The summed E-state index contributed by atoms with van der Waals surface area (Å²) in [5, 5.41) is 0. The first-order valence-electron chi connectivity index (χ1n) is 7.71. The fourth-order valence-corrected chi connectivity index (χ4v) is 3.87. The van der Waals surface area contributed by atoms with Gasteiger partial charge in [0, 0.05) is 13.1 Å². The van der Waals surface area contributed by atoms with E-state index in [0.717, 1.165) is 12.5 Å². The van der Waals surface area contributed by atoms with Crippen LogP contribution in [-0.2, 0) is 0 Å². The predicted octanol–water partition coefficient (Wildman–Crippen LogP) is 1.78. The van der Waals surface area contributed by atoms with Crippen molar-refractivity contribution >= 4 is 0 Å². The summed E-state index contributed by atoms with van der Waals surface area (Å²) >= 11 is 0. The highest BCUT2D eigenvalue weighted by molar-refractivity contribution is 4.88. The van der Waals surface area contributed by atoms with Gasteiger partial charge in [-0.25, -0.2) is 0 Å². The number of hydrogen-bond donors (Lipinski definition) is 1. The molecular weight excluding hydrogens is 222 g/mol. The highest BCUT2D eigenvalue weighted by Crippen LogP contribution is 2.37. The van der Waals surface area contributed by atoms with Crippen LogP contribution in [0.1, 0.15) is 38.5 Å². The maximum Gasteiger partial charge on any atom is 0.00471 e. The van der Waals surface area contributed by atoms with Gasteiger partial charge in [-0.3, -0.25) is 0 Å². The van der Waals surface area contributed by atoms with E-state index >= 15 is 0 Å². The molecule has 0 bridgehead atoms. The lowest BCUT2D eigenvalue weighted by Crippen LogP contribution is -2.42. The molecule has 0 aromatic rings. The molecule has 1 saturated heterocycles. The van der Waals surface area contributed by atoms with Crippen LogP contribution in [0, 0.1) is 11.3 Å². The van der Waals surface area contributed by atoms with Crippen LogP contribution < -0.4 is 5.73 Å². The van der Waals surface area contributed by atoms with E-state index in [2.05, 4.69) is 23.9 Å². The molecule has 2 fully saturated rings. The lowest BCUT2D eigenvalue weighted by molar-refractivity contribution is 0.135. The summed E-state index contributed by atoms with van der Waals surface area (Å²) in [7, 11) is 4.54. The van der Waals surface area contributed by atoms with E-state index in [4.69, 9.17) is 5.73 Å². The first-order valence-corrected chi connectivity index (χ1v) is 7.71. The Morgan fingerprint density at radius 2 is 1.83 bits per heavy atom. The molecule has 2 rings (SSSR count). The van der Waals surface area contributed by atoms with Gasteiger partial charge >= 0.3 is 0 Å². The SMILES string of the molecule is CN1CCC(CN(C)CC2(CN)CCCC2)CC1. The van der Waals surface area contributed by atoms with E-state index in [1.807, 2.05) is 0 Å². The Hall–Kier alpha value is -0.120. The van der Waals surface area contributed by atoms with Crippen molar-refractivity contribution in [3.8, 4) is 0 Å². The molecule has 0 atom stereocenters. The van der Waals surface area contributed by atoms with E-state index < -0.39 is 0 Å². The van der Waals surface area contributed by atoms with E-state index in [0.29, 0.717) is 5.41 Å². The lowest BCUT2D eigenvalue weighted by atomic mass is 9.85. The molecule has 2 aliphatic rings. The summed E-state index contributed by atoms with van der Waals surface area (Å²) in [4.78, 5) is 5.02. The second kappa shape index (κ2) is 6.36. The zero-order valence-electron chi connectivity index (χ0n) is 12.3. The van der Waals surface area contributed by atoms with Crippen LogP contribution >= 0.6 is 0 Å². The molecule has 0 radical (unpaired) electrons. The molecule has 0 amide bonds. The van der Waals surface area contributed by atoms with Crippen LogP contribution in [-0.4, -0.2) is 56.6 Å². The molecule has 2 N–H and O–H groups in total. The van der Waals surface area contributed by atoms with E-state index in [1.54, 1.807) is 0 Å². The van der Waals surface area contributed by atoms with Gasteiger partial charge in [0.15, 0.2) is 0 Å². The second-order valence-corrected chi connectivity index (χ2v) is 6.85. The van der Waals surface area contributed by atoms with Crippen LogP contribution in [0.2, 0.25) is 0 Å². The summed E-state index contributed by atoms with van der Waals surface area (Å²) < 4.78 is 0. The number of likely N-dealkylation sites (tertiary alicyclic amines) is 1. The minimum absolute atomic E-state index is 0.445. The molecule has 0 spiro atoms. The van der Waals surface area contributed by atoms with Crippen LogP contribution in [0.5, 0.6) is 0 Å². The van der Waals surface area contributed by atoms with Crippen molar-refractivity contribution in [3.05, 3.63) is 0 Å². The van der Waals surface area contributed by atoms with Crippen molar-refractivity contribution < 1.29 is 0 Å². The maximum atomic E-state index is 6.04. The standard InChI is InChI=1S/C15H31N3/c1-17-9-5-14(6-10-17)11-18(2)13-15(12-16)7-3-4-8-15/h14H,3-13,16H2,1-2H3. The van der Waals surface area contributed by atoms with Gasteiger partial charge < -0.3 is 15.5 Å². The molecule has 0 unspecified atom stereocenters. The minimum atomic E-state index is 0.445. The predicted molar refractivity (Wildman–Crippen MR) is 77.7 cm³/mol. The molecule has 18 heavy (non-hydrogen) atoms. The molecule has 1 aliphatic carbocycles. The minimum Gasteiger partial charge on any atom is -0.330 e. The Balaban J connectivity index is 1.75. The van der Waals surface area contributed by atoms with Crippen LogP contribution in [0.25, 0.3) is 0 Å². The van der Waals surface area contributed by atoms with Crippen molar-refractivity contribution in [1.29, 1.82) is 0 Å². The molecule has 1 heterocycles. The van der Waals surface area contributed by atoms with E-state index in [1.165, 1.54) is 64.7 Å². The van der Waals surface area contributed by atoms with Gasteiger partial charge in [0.25, 0.3) is 0 Å². The summed E-state index contributed by atoms with van der Waals surface area (Å²) in [6.45, 7) is 5.93. The Labute approximate surface area is 113 Å². The smallest absolute Gasteiger partial charge is 0.00471 e. The number of nitrogens with two attached hydrogens (primary N) is 1. The Bertz CT molecular complexity index is 240. The van der Waals surface area contributed by atoms with E-state index in [9.17, 15) is 0 Å². The van der Waals surface area contributed by atoms with Crippen molar-refractivity contribution in [2.45, 2.75) is 38.5 Å². The molecule has 1 aliphatic heterocycles. The fraction of sp³-hybridized carbons (Fsp3) is 1.00. The van der Waals surface area contributed by atoms with Gasteiger partial charge in [0.1, 0.15) is 0 Å². The zero-order chi connectivity index (χ0) is 13.0. The van der Waals surface area contributed by atoms with Gasteiger partial charge in [-0.05, 0) is 70.7 Å². The average Bonchev–Trinajstić information content (AvgIpc) is 2.81. The van der Waals surface area contributed by atoms with Gasteiger partial charge in [-0.1, -0.05) is 12.8 Å². The molecule has 3 heteroatoms. The monoisotopic (exact) mass is 253 g/mol. The normalized spacial score (nSPS) is 26.0. The first-order chi connectivity index (χ1) is 8.63. The van der Waals surface area contributed by atoms with Crippen molar-refractivity contribution in [2.75, 3.05) is 46.8 Å². The Kier molecular flexibility index (Phi) is 5.05. The lowest BCUT2D eigenvalue weighted by Gasteiger charge is -2.36. The Morgan fingerprint density at radius 3 is 2.39 bits per heavy atom. The molecule has 106 valence electrons. The summed E-state index contributed by atoms with van der Waals surface area (Å²) in [5.41, 5.74) is 6.48. The molecule has 0 aromatic heterocycles. The van der Waals surface area contributed by atoms with E-state index in [-0.39, 0.29) is 0 Å². The first kappa shape index (κ1) is 14.3. The molecule has 3 nitrogen and oxygen atoms in total.